The highest BCUT2D eigenvalue weighted by molar-refractivity contribution is 6.60. The fraction of sp³-hybridized carbons (Fsp3) is 1.00. The molecule has 0 saturated carbocycles. The van der Waals surface area contributed by atoms with E-state index in [-0.39, 0.29) is 0 Å². The largest absolute Gasteiger partial charge is 0.728 e. The van der Waals surface area contributed by atoms with E-state index in [2.05, 4.69) is 0 Å². The fourth-order valence-electron chi connectivity index (χ4n) is 0. The number of halogens is 6. The van der Waals surface area contributed by atoms with Gasteiger partial charge < -0.3 is 15.1 Å². The van der Waals surface area contributed by atoms with E-state index >= 15 is 0 Å². The Morgan fingerprint density at radius 3 is 1.00 bits per heavy atom. The quantitative estimate of drug-likeness (QED) is 0.300. The molecule has 0 bridgehead atoms. The Morgan fingerprint density at radius 1 is 0.917 bits per heavy atom. The van der Waals surface area contributed by atoms with E-state index < -0.39 is 22.2 Å². The minimum Gasteiger partial charge on any atom is -0.402 e. The Balaban J connectivity index is 0. The summed E-state index contributed by atoms with van der Waals surface area (Å²) in [6.07, 6.45) is 0. The van der Waals surface area contributed by atoms with Crippen LogP contribution in [0.5, 0.6) is 0 Å². The van der Waals surface area contributed by atoms with Gasteiger partial charge in [-0.3, -0.25) is 0 Å². The third kappa shape index (κ3) is 9.74. The van der Waals surface area contributed by atoms with Crippen LogP contribution in [0.3, 0.4) is 0 Å². The minimum atomic E-state index is -7.36. The first-order valence-electron chi connectivity index (χ1n) is 2.16. The van der Waals surface area contributed by atoms with E-state index in [1.807, 2.05) is 0 Å². The summed E-state index contributed by atoms with van der Waals surface area (Å²) in [7, 11) is -9.53. The summed E-state index contributed by atoms with van der Waals surface area (Å²) in [5.74, 6) is -5.92. The smallest absolute Gasteiger partial charge is 0.402 e. The van der Waals surface area contributed by atoms with Crippen LogP contribution >= 0.6 is 0 Å². The van der Waals surface area contributed by atoms with Gasteiger partial charge in [0.05, 0.1) is 0 Å². The van der Waals surface area contributed by atoms with E-state index in [0.29, 0.717) is 0 Å². The summed E-state index contributed by atoms with van der Waals surface area (Å²) in [6.45, 7) is 0. The van der Waals surface area contributed by atoms with E-state index in [4.69, 9.17) is 15.1 Å². The van der Waals surface area contributed by atoms with Gasteiger partial charge in [-0.2, -0.15) is 13.2 Å². The first-order valence-corrected chi connectivity index (χ1v) is 3.79. The van der Waals surface area contributed by atoms with Gasteiger partial charge >= 0.3 is 22.2 Å². The van der Waals surface area contributed by atoms with Gasteiger partial charge in [-0.25, -0.2) is 12.3 Å². The molecule has 0 atom stereocenters. The second kappa shape index (κ2) is 4.69. The van der Waals surface area contributed by atoms with Crippen LogP contribution in [0.25, 0.3) is 0 Å². The van der Waals surface area contributed by atoms with Crippen molar-refractivity contribution in [3.05, 3.63) is 0 Å². The number of hydrogen-bond acceptors (Lipinski definition) is 3. The van der Waals surface area contributed by atoms with Crippen molar-refractivity contribution >= 4 is 16.4 Å². The molecule has 0 aromatic rings. The number of hydrogen-bond donors (Lipinski definition) is 3. The van der Waals surface area contributed by atoms with Crippen LogP contribution < -0.4 is 0 Å². The average molecular weight is 216 g/mol. The molecular formula is CH3BF6O3Si. The predicted octanol–water partition coefficient (Wildman–Crippen LogP) is -0.117. The van der Waals surface area contributed by atoms with Crippen molar-refractivity contribution in [2.45, 2.75) is 5.80 Å². The molecule has 3 nitrogen and oxygen atoms in total. The molecule has 0 aromatic carbocycles. The molecular weight excluding hydrogens is 213 g/mol. The molecule has 0 aliphatic carbocycles. The Labute approximate surface area is 64.0 Å². The molecule has 0 amide bonds. The highest BCUT2D eigenvalue weighted by Crippen LogP contribution is 2.31. The Kier molecular flexibility index (Phi) is 5.58. The van der Waals surface area contributed by atoms with Gasteiger partial charge in [0, 0.05) is 0 Å². The zero-order valence-electron chi connectivity index (χ0n) is 5.19. The van der Waals surface area contributed by atoms with E-state index in [0.717, 1.165) is 0 Å². The molecule has 0 unspecified atom stereocenters. The zero-order chi connectivity index (χ0) is 10.6. The maximum Gasteiger partial charge on any atom is 0.728 e. The normalized spacial score (nSPS) is 11.8. The SMILES string of the molecule is FC(F)(F)[Si](F)(F)F.OB(O)O. The molecule has 0 aromatic heterocycles. The van der Waals surface area contributed by atoms with Crippen LogP contribution in [0, 0.1) is 0 Å². The summed E-state index contributed by atoms with van der Waals surface area (Å²) >= 11 is 0. The lowest BCUT2D eigenvalue weighted by Gasteiger charge is -2.04. The first-order chi connectivity index (χ1) is 4.98. The topological polar surface area (TPSA) is 60.7 Å². The van der Waals surface area contributed by atoms with E-state index in [1.165, 1.54) is 0 Å². The van der Waals surface area contributed by atoms with Crippen LogP contribution in [0.15, 0.2) is 0 Å². The Hall–Kier alpha value is -0.258. The van der Waals surface area contributed by atoms with Crippen LogP contribution in [0.4, 0.5) is 25.5 Å². The van der Waals surface area contributed by atoms with Crippen molar-refractivity contribution in [2.75, 3.05) is 0 Å². The molecule has 0 heterocycles. The lowest BCUT2D eigenvalue weighted by molar-refractivity contribution is -0.0837. The predicted molar refractivity (Wildman–Crippen MR) is 27.5 cm³/mol. The van der Waals surface area contributed by atoms with Crippen molar-refractivity contribution in [1.29, 1.82) is 0 Å². The maximum atomic E-state index is 10.6. The van der Waals surface area contributed by atoms with Crippen LogP contribution in [0.1, 0.15) is 0 Å². The molecule has 0 aliphatic rings. The molecule has 0 aliphatic heterocycles. The van der Waals surface area contributed by atoms with Gasteiger partial charge in [-0.05, 0) is 0 Å². The summed E-state index contributed by atoms with van der Waals surface area (Å²) in [6, 6.07) is 0. The molecule has 0 rings (SSSR count). The lowest BCUT2D eigenvalue weighted by atomic mass is 10.3. The van der Waals surface area contributed by atoms with Crippen molar-refractivity contribution in [3.8, 4) is 0 Å². The minimum absolute atomic E-state index is 2.17. The van der Waals surface area contributed by atoms with E-state index in [1.54, 1.807) is 0 Å². The number of rotatable bonds is 0. The van der Waals surface area contributed by atoms with E-state index in [9.17, 15) is 25.5 Å². The molecule has 0 spiro atoms. The molecule has 0 radical (unpaired) electrons. The highest BCUT2D eigenvalue weighted by Gasteiger charge is 2.66. The van der Waals surface area contributed by atoms with Gasteiger partial charge in [0.2, 0.25) is 0 Å². The van der Waals surface area contributed by atoms with Crippen LogP contribution in [-0.2, 0) is 0 Å². The average Bonchev–Trinajstić information content (AvgIpc) is 1.55. The summed E-state index contributed by atoms with van der Waals surface area (Å²) in [5.41, 5.74) is 0. The molecule has 3 N–H and O–H groups in total. The third-order valence-electron chi connectivity index (χ3n) is 0.321. The third-order valence-corrected chi connectivity index (χ3v) is 0.964. The van der Waals surface area contributed by atoms with Gasteiger partial charge in [-0.1, -0.05) is 0 Å². The van der Waals surface area contributed by atoms with Crippen molar-refractivity contribution in [3.63, 3.8) is 0 Å². The first kappa shape index (κ1) is 14.3. The van der Waals surface area contributed by atoms with Crippen molar-refractivity contribution < 1.29 is 40.6 Å². The monoisotopic (exact) mass is 216 g/mol. The number of alkyl halides is 3. The highest BCUT2D eigenvalue weighted by atomic mass is 28.5. The fourth-order valence-corrected chi connectivity index (χ4v) is 0. The van der Waals surface area contributed by atoms with Gasteiger partial charge in [0.15, 0.2) is 0 Å². The second-order valence-corrected chi connectivity index (χ2v) is 2.90. The zero-order valence-corrected chi connectivity index (χ0v) is 6.19. The molecule has 0 fully saturated rings. The van der Waals surface area contributed by atoms with Crippen LogP contribution in [-0.4, -0.2) is 37.3 Å². The maximum absolute atomic E-state index is 10.6. The standard InChI is InChI=1S/CF6Si.BH3O3/c2-1(3,4)8(5,6)7;2-1(3)4/h;2-4H. The van der Waals surface area contributed by atoms with Crippen molar-refractivity contribution in [1.82, 2.24) is 0 Å². The van der Waals surface area contributed by atoms with Gasteiger partial charge in [0.1, 0.15) is 0 Å². The summed E-state index contributed by atoms with van der Waals surface area (Å²) in [5, 5.41) is 21.5. The summed E-state index contributed by atoms with van der Waals surface area (Å²) < 4.78 is 63.2. The molecule has 74 valence electrons. The lowest BCUT2D eigenvalue weighted by Crippen LogP contribution is -2.37. The molecule has 12 heavy (non-hydrogen) atoms. The van der Waals surface area contributed by atoms with Crippen molar-refractivity contribution in [2.24, 2.45) is 0 Å². The van der Waals surface area contributed by atoms with Gasteiger partial charge in [0.25, 0.3) is 0 Å². The summed E-state index contributed by atoms with van der Waals surface area (Å²) in [4.78, 5) is 0. The second-order valence-electron chi connectivity index (χ2n) is 1.34. The molecule has 11 heteroatoms. The Morgan fingerprint density at radius 2 is 1.00 bits per heavy atom. The Bertz CT molecular complexity index is 104. The van der Waals surface area contributed by atoms with Crippen LogP contribution in [0.2, 0.25) is 0 Å². The molecule has 0 saturated heterocycles. The van der Waals surface area contributed by atoms with Gasteiger partial charge in [-0.15, -0.1) is 0 Å².